The molecule has 0 aliphatic carbocycles. The highest BCUT2D eigenvalue weighted by atomic mass is 19.4. The Labute approximate surface area is 79.6 Å². The van der Waals surface area contributed by atoms with Crippen LogP contribution in [0.2, 0.25) is 0 Å². The summed E-state index contributed by atoms with van der Waals surface area (Å²) in [4.78, 5) is 10.1. The Morgan fingerprint density at radius 1 is 1.00 bits per heavy atom. The van der Waals surface area contributed by atoms with Gasteiger partial charge < -0.3 is 0 Å². The second-order valence-electron chi connectivity index (χ2n) is 2.64. The third-order valence-electron chi connectivity index (χ3n) is 1.30. The Balaban J connectivity index is 5.10. The summed E-state index contributed by atoms with van der Waals surface area (Å²) in [6.45, 7) is 0.734. The lowest BCUT2D eigenvalue weighted by Gasteiger charge is -2.25. The predicted molar refractivity (Wildman–Crippen MR) is 35.8 cm³/mol. The minimum absolute atomic E-state index is 0.0420. The van der Waals surface area contributed by atoms with E-state index in [-0.39, 0.29) is 6.08 Å². The van der Waals surface area contributed by atoms with E-state index in [0.29, 0.717) is 0 Å². The summed E-state index contributed by atoms with van der Waals surface area (Å²) in [6.07, 6.45) is -7.18. The number of halogens is 7. The summed E-state index contributed by atoms with van der Waals surface area (Å²) >= 11 is 0. The van der Waals surface area contributed by atoms with Gasteiger partial charge in [0.15, 0.2) is 5.78 Å². The third-order valence-corrected chi connectivity index (χ3v) is 1.30. The van der Waals surface area contributed by atoms with E-state index in [2.05, 4.69) is 0 Å². The van der Waals surface area contributed by atoms with Gasteiger partial charge >= 0.3 is 18.0 Å². The van der Waals surface area contributed by atoms with Gasteiger partial charge in [0.2, 0.25) is 0 Å². The molecule has 0 saturated heterocycles. The first kappa shape index (κ1) is 13.9. The molecule has 0 aliphatic heterocycles. The summed E-state index contributed by atoms with van der Waals surface area (Å²) in [6, 6.07) is 0. The Kier molecular flexibility index (Phi) is 3.55. The zero-order valence-corrected chi connectivity index (χ0v) is 7.21. The van der Waals surface area contributed by atoms with Gasteiger partial charge in [-0.25, -0.2) is 0 Å². The van der Waals surface area contributed by atoms with Crippen molar-refractivity contribution in [1.29, 1.82) is 0 Å². The minimum Gasteiger partial charge on any atom is -0.295 e. The Morgan fingerprint density at radius 2 is 1.40 bits per heavy atom. The molecule has 0 aromatic carbocycles. The van der Waals surface area contributed by atoms with Crippen molar-refractivity contribution in [3.8, 4) is 0 Å². The van der Waals surface area contributed by atoms with E-state index < -0.39 is 29.9 Å². The first-order chi connectivity index (χ1) is 6.42. The van der Waals surface area contributed by atoms with Crippen molar-refractivity contribution in [2.75, 3.05) is 0 Å². The standard InChI is InChI=1S/C7H5F7O/c1-4(15)2-3-5(8,9)6(10,11)7(12,13)14/h2-3H,1H3/b3-2+. The van der Waals surface area contributed by atoms with Gasteiger partial charge in [-0.1, -0.05) is 0 Å². The molecule has 0 N–H and O–H groups in total. The van der Waals surface area contributed by atoms with E-state index in [1.54, 1.807) is 0 Å². The van der Waals surface area contributed by atoms with Gasteiger partial charge in [0, 0.05) is 0 Å². The molecule has 0 radical (unpaired) electrons. The molecular weight excluding hydrogens is 233 g/mol. The molecule has 0 aromatic heterocycles. The average molecular weight is 238 g/mol. The number of ketones is 1. The monoisotopic (exact) mass is 238 g/mol. The van der Waals surface area contributed by atoms with Crippen molar-refractivity contribution >= 4 is 5.78 Å². The van der Waals surface area contributed by atoms with Crippen LogP contribution in [0.4, 0.5) is 30.7 Å². The smallest absolute Gasteiger partial charge is 0.295 e. The van der Waals surface area contributed by atoms with E-state index in [1.165, 1.54) is 0 Å². The van der Waals surface area contributed by atoms with Crippen LogP contribution in [0.25, 0.3) is 0 Å². The molecule has 0 rings (SSSR count). The highest BCUT2D eigenvalue weighted by molar-refractivity contribution is 5.87. The van der Waals surface area contributed by atoms with Crippen molar-refractivity contribution in [1.82, 2.24) is 0 Å². The molecule has 8 heteroatoms. The van der Waals surface area contributed by atoms with Crippen molar-refractivity contribution in [3.63, 3.8) is 0 Å². The van der Waals surface area contributed by atoms with Crippen LogP contribution >= 0.6 is 0 Å². The topological polar surface area (TPSA) is 17.1 Å². The Hall–Kier alpha value is -1.08. The average Bonchev–Trinajstić information content (AvgIpc) is 1.98. The minimum atomic E-state index is -6.38. The van der Waals surface area contributed by atoms with E-state index in [4.69, 9.17) is 0 Å². The Morgan fingerprint density at radius 3 is 1.67 bits per heavy atom. The fourth-order valence-electron chi connectivity index (χ4n) is 0.516. The molecule has 0 spiro atoms. The fraction of sp³-hybridized carbons (Fsp3) is 0.571. The predicted octanol–water partition coefficient (Wildman–Crippen LogP) is 2.96. The number of hydrogen-bond donors (Lipinski definition) is 0. The van der Waals surface area contributed by atoms with Gasteiger partial charge in [0.25, 0.3) is 0 Å². The quantitative estimate of drug-likeness (QED) is 0.545. The van der Waals surface area contributed by atoms with Gasteiger partial charge in [-0.05, 0) is 19.1 Å². The zero-order valence-electron chi connectivity index (χ0n) is 7.21. The largest absolute Gasteiger partial charge is 0.460 e. The number of carbonyl (C=O) groups excluding carboxylic acids is 1. The van der Waals surface area contributed by atoms with E-state index in [0.717, 1.165) is 6.92 Å². The molecule has 0 saturated carbocycles. The van der Waals surface area contributed by atoms with Gasteiger partial charge in [-0.2, -0.15) is 30.7 Å². The van der Waals surface area contributed by atoms with Crippen LogP contribution in [-0.4, -0.2) is 23.8 Å². The van der Waals surface area contributed by atoms with Crippen molar-refractivity contribution in [3.05, 3.63) is 12.2 Å². The van der Waals surface area contributed by atoms with Gasteiger partial charge in [-0.15, -0.1) is 0 Å². The molecule has 0 aliphatic rings. The first-order valence-corrected chi connectivity index (χ1v) is 3.44. The lowest BCUT2D eigenvalue weighted by atomic mass is 10.1. The van der Waals surface area contributed by atoms with Gasteiger partial charge in [0.05, 0.1) is 0 Å². The van der Waals surface area contributed by atoms with Gasteiger partial charge in [-0.3, -0.25) is 4.79 Å². The van der Waals surface area contributed by atoms with Crippen molar-refractivity contribution in [2.24, 2.45) is 0 Å². The molecule has 0 aromatic rings. The lowest BCUT2D eigenvalue weighted by Crippen LogP contribution is -2.50. The number of carbonyl (C=O) groups is 1. The van der Waals surface area contributed by atoms with Crippen molar-refractivity contribution < 1.29 is 35.5 Å². The SMILES string of the molecule is CC(=O)/C=C/C(F)(F)C(F)(F)C(F)(F)F. The van der Waals surface area contributed by atoms with E-state index in [1.807, 2.05) is 0 Å². The molecule has 15 heavy (non-hydrogen) atoms. The lowest BCUT2D eigenvalue weighted by molar-refractivity contribution is -0.341. The van der Waals surface area contributed by atoms with Crippen LogP contribution in [0, 0.1) is 0 Å². The third kappa shape index (κ3) is 2.93. The molecule has 1 nitrogen and oxygen atoms in total. The number of alkyl halides is 7. The number of allylic oxidation sites excluding steroid dienone is 2. The molecule has 0 bridgehead atoms. The highest BCUT2D eigenvalue weighted by Gasteiger charge is 2.71. The second-order valence-corrected chi connectivity index (χ2v) is 2.64. The first-order valence-electron chi connectivity index (χ1n) is 3.44. The van der Waals surface area contributed by atoms with Crippen molar-refractivity contribution in [2.45, 2.75) is 24.9 Å². The molecule has 0 fully saturated rings. The summed E-state index contributed by atoms with van der Waals surface area (Å²) in [7, 11) is 0. The summed E-state index contributed by atoms with van der Waals surface area (Å²) in [5.41, 5.74) is 0. The zero-order chi connectivity index (χ0) is 12.5. The Bertz CT molecular complexity index is 276. The van der Waals surface area contributed by atoms with Crippen LogP contribution < -0.4 is 0 Å². The maximum absolute atomic E-state index is 12.3. The summed E-state index contributed by atoms with van der Waals surface area (Å²) in [5.74, 6) is -12.7. The summed E-state index contributed by atoms with van der Waals surface area (Å²) in [5, 5.41) is 0. The van der Waals surface area contributed by atoms with Crippen LogP contribution in [0.15, 0.2) is 12.2 Å². The van der Waals surface area contributed by atoms with Crippen LogP contribution in [0.5, 0.6) is 0 Å². The fourth-order valence-corrected chi connectivity index (χ4v) is 0.516. The van der Waals surface area contributed by atoms with E-state index in [9.17, 15) is 35.5 Å². The molecule has 0 amide bonds. The number of hydrogen-bond acceptors (Lipinski definition) is 1. The highest BCUT2D eigenvalue weighted by Crippen LogP contribution is 2.46. The molecule has 88 valence electrons. The maximum Gasteiger partial charge on any atom is 0.460 e. The van der Waals surface area contributed by atoms with Crippen LogP contribution in [0.3, 0.4) is 0 Å². The summed E-state index contributed by atoms with van der Waals surface area (Å²) < 4.78 is 83.5. The van der Waals surface area contributed by atoms with Crippen LogP contribution in [0.1, 0.15) is 6.92 Å². The molecule has 0 atom stereocenters. The van der Waals surface area contributed by atoms with E-state index >= 15 is 0 Å². The molecular formula is C7H5F7O. The second kappa shape index (κ2) is 3.82. The van der Waals surface area contributed by atoms with Gasteiger partial charge in [0.1, 0.15) is 0 Å². The maximum atomic E-state index is 12.3. The molecule has 0 heterocycles. The number of rotatable bonds is 3. The normalized spacial score (nSPS) is 14.7. The van der Waals surface area contributed by atoms with Crippen LogP contribution in [-0.2, 0) is 4.79 Å². The molecule has 0 unspecified atom stereocenters.